The molecule has 0 saturated carbocycles. The van der Waals surface area contributed by atoms with Gasteiger partial charge in [-0.3, -0.25) is 9.78 Å². The van der Waals surface area contributed by atoms with Crippen LogP contribution in [0.1, 0.15) is 30.1 Å². The highest BCUT2D eigenvalue weighted by molar-refractivity contribution is 6.05. The Morgan fingerprint density at radius 2 is 2.04 bits per heavy atom. The smallest absolute Gasteiger partial charge is 0.417 e. The van der Waals surface area contributed by atoms with Gasteiger partial charge in [0.15, 0.2) is 17.1 Å². The number of unbranched alkanes of at least 4 members (excludes halogenated alkanes) is 1. The lowest BCUT2D eigenvalue weighted by Gasteiger charge is -2.12. The van der Waals surface area contributed by atoms with Crippen molar-refractivity contribution in [3.8, 4) is 11.5 Å². The number of carbonyl (C=O) groups is 1. The fraction of sp³-hybridized carbons (Fsp3) is 0.263. The summed E-state index contributed by atoms with van der Waals surface area (Å²) >= 11 is 0. The number of aromatic amines is 1. The molecule has 2 N–H and O–H groups in total. The number of H-pyrrole nitrogens is 1. The topological polar surface area (TPSA) is 93.6 Å². The number of nitrogens with one attached hydrogen (secondary N) is 2. The Bertz CT molecular complexity index is 973. The number of methoxy groups -OCH3 is 1. The van der Waals surface area contributed by atoms with Crippen molar-refractivity contribution in [2.75, 3.05) is 19.0 Å². The van der Waals surface area contributed by atoms with E-state index in [1.807, 2.05) is 0 Å². The summed E-state index contributed by atoms with van der Waals surface area (Å²) in [7, 11) is 1.53. The third kappa shape index (κ3) is 3.88. The number of aromatic nitrogens is 1. The Balaban J connectivity index is 1.76. The normalized spacial score (nSPS) is 10.7. The quantitative estimate of drug-likeness (QED) is 0.631. The highest BCUT2D eigenvalue weighted by Gasteiger charge is 2.12. The molecule has 0 atom stereocenters. The zero-order valence-electron chi connectivity index (χ0n) is 14.6. The molecule has 0 saturated heterocycles. The summed E-state index contributed by atoms with van der Waals surface area (Å²) in [5.74, 6) is 0.277. The van der Waals surface area contributed by atoms with Crippen molar-refractivity contribution in [2.45, 2.75) is 19.8 Å². The maximum Gasteiger partial charge on any atom is 0.417 e. The molecule has 2 aromatic carbocycles. The molecule has 7 nitrogen and oxygen atoms in total. The summed E-state index contributed by atoms with van der Waals surface area (Å²) < 4.78 is 15.9. The number of benzene rings is 2. The largest absolute Gasteiger partial charge is 0.493 e. The molecule has 0 aliphatic heterocycles. The minimum absolute atomic E-state index is 0.298. The number of hydrogen-bond donors (Lipinski definition) is 2. The molecule has 0 aliphatic carbocycles. The highest BCUT2D eigenvalue weighted by Crippen LogP contribution is 2.28. The maximum atomic E-state index is 12.5. The van der Waals surface area contributed by atoms with Gasteiger partial charge in [-0.05, 0) is 42.8 Å². The van der Waals surface area contributed by atoms with E-state index in [4.69, 9.17) is 13.9 Å². The number of anilines is 1. The Morgan fingerprint density at radius 1 is 1.19 bits per heavy atom. The summed E-state index contributed by atoms with van der Waals surface area (Å²) in [5.41, 5.74) is 1.93. The molecule has 3 rings (SSSR count). The summed E-state index contributed by atoms with van der Waals surface area (Å²) in [6, 6.07) is 9.95. The van der Waals surface area contributed by atoms with Gasteiger partial charge < -0.3 is 19.2 Å². The predicted octanol–water partition coefficient (Wildman–Crippen LogP) is 3.56. The van der Waals surface area contributed by atoms with E-state index in [2.05, 4.69) is 17.2 Å². The van der Waals surface area contributed by atoms with Crippen molar-refractivity contribution in [1.29, 1.82) is 0 Å². The highest BCUT2D eigenvalue weighted by atomic mass is 16.5. The lowest BCUT2D eigenvalue weighted by Crippen LogP contribution is -2.12. The van der Waals surface area contributed by atoms with Crippen molar-refractivity contribution in [3.63, 3.8) is 0 Å². The second-order valence-corrected chi connectivity index (χ2v) is 5.75. The van der Waals surface area contributed by atoms with Crippen molar-refractivity contribution in [1.82, 2.24) is 4.98 Å². The van der Waals surface area contributed by atoms with Crippen molar-refractivity contribution >= 4 is 22.7 Å². The van der Waals surface area contributed by atoms with Crippen LogP contribution in [-0.2, 0) is 0 Å². The van der Waals surface area contributed by atoms with Crippen molar-refractivity contribution in [3.05, 3.63) is 52.5 Å². The first-order valence-corrected chi connectivity index (χ1v) is 8.35. The van der Waals surface area contributed by atoms with Crippen LogP contribution in [0.25, 0.3) is 11.1 Å². The molecule has 1 heterocycles. The first-order chi connectivity index (χ1) is 12.6. The summed E-state index contributed by atoms with van der Waals surface area (Å²) in [5, 5.41) is 2.78. The van der Waals surface area contributed by atoms with Gasteiger partial charge in [-0.1, -0.05) is 13.3 Å². The van der Waals surface area contributed by atoms with E-state index in [0.717, 1.165) is 12.8 Å². The first-order valence-electron chi connectivity index (χ1n) is 8.35. The van der Waals surface area contributed by atoms with E-state index < -0.39 is 5.76 Å². The number of amides is 1. The van der Waals surface area contributed by atoms with E-state index >= 15 is 0 Å². The summed E-state index contributed by atoms with van der Waals surface area (Å²) in [6.45, 7) is 2.69. The number of ether oxygens (including phenoxy) is 2. The second-order valence-electron chi connectivity index (χ2n) is 5.75. The first kappa shape index (κ1) is 17.6. The average Bonchev–Trinajstić information content (AvgIpc) is 3.01. The van der Waals surface area contributed by atoms with Gasteiger partial charge in [0.2, 0.25) is 0 Å². The molecule has 26 heavy (non-hydrogen) atoms. The lowest BCUT2D eigenvalue weighted by molar-refractivity contribution is 0.102. The monoisotopic (exact) mass is 356 g/mol. The minimum Gasteiger partial charge on any atom is -0.493 e. The molecule has 0 spiro atoms. The van der Waals surface area contributed by atoms with E-state index in [1.165, 1.54) is 7.11 Å². The number of oxazole rings is 1. The predicted molar refractivity (Wildman–Crippen MR) is 98.2 cm³/mol. The SMILES string of the molecule is CCCCOc1ccc(C(=O)Nc2ccc3oc(=O)[nH]c3c2)cc1OC. The molecule has 0 bridgehead atoms. The standard InChI is InChI=1S/C19H20N2O5/c1-3-4-9-25-16-7-5-12(10-17(16)24-2)18(22)20-13-6-8-15-14(11-13)21-19(23)26-15/h5-8,10-11H,3-4,9H2,1-2H3,(H,20,22)(H,21,23). The van der Waals surface area contributed by atoms with Crippen LogP contribution in [0.4, 0.5) is 5.69 Å². The van der Waals surface area contributed by atoms with Gasteiger partial charge >= 0.3 is 5.76 Å². The molecule has 1 amide bonds. The average molecular weight is 356 g/mol. The van der Waals surface area contributed by atoms with Gasteiger partial charge in [-0.15, -0.1) is 0 Å². The third-order valence-electron chi connectivity index (χ3n) is 3.86. The minimum atomic E-state index is -0.535. The van der Waals surface area contributed by atoms with Crippen LogP contribution < -0.4 is 20.5 Å². The molecule has 0 unspecified atom stereocenters. The second kappa shape index (κ2) is 7.77. The zero-order chi connectivity index (χ0) is 18.5. The molecular weight excluding hydrogens is 336 g/mol. The molecule has 136 valence electrons. The van der Waals surface area contributed by atoms with Crippen molar-refractivity contribution in [2.24, 2.45) is 0 Å². The number of hydrogen-bond acceptors (Lipinski definition) is 5. The van der Waals surface area contributed by atoms with Gasteiger partial charge in [0.05, 0.1) is 19.2 Å². The summed E-state index contributed by atoms with van der Waals surface area (Å²) in [6.07, 6.45) is 1.99. The van der Waals surface area contributed by atoms with Crippen LogP contribution >= 0.6 is 0 Å². The van der Waals surface area contributed by atoms with Crippen molar-refractivity contribution < 1.29 is 18.7 Å². The number of rotatable bonds is 7. The Hall–Kier alpha value is -3.22. The fourth-order valence-corrected chi connectivity index (χ4v) is 2.49. The van der Waals surface area contributed by atoms with E-state index in [0.29, 0.717) is 40.5 Å². The third-order valence-corrected chi connectivity index (χ3v) is 3.86. The van der Waals surface area contributed by atoms with Crippen LogP contribution in [0.3, 0.4) is 0 Å². The Labute approximate surface area is 149 Å². The molecule has 1 aromatic heterocycles. The summed E-state index contributed by atoms with van der Waals surface area (Å²) in [4.78, 5) is 26.2. The number of carbonyl (C=O) groups excluding carboxylic acids is 1. The van der Waals surface area contributed by atoms with Gasteiger partial charge in [0.1, 0.15) is 0 Å². The van der Waals surface area contributed by atoms with Crippen LogP contribution in [0, 0.1) is 0 Å². The zero-order valence-corrected chi connectivity index (χ0v) is 14.6. The van der Waals surface area contributed by atoms with Gasteiger partial charge in [-0.2, -0.15) is 0 Å². The molecule has 3 aromatic rings. The van der Waals surface area contributed by atoms with Gasteiger partial charge in [0, 0.05) is 11.3 Å². The van der Waals surface area contributed by atoms with Crippen LogP contribution in [0.5, 0.6) is 11.5 Å². The number of fused-ring (bicyclic) bond motifs is 1. The lowest BCUT2D eigenvalue weighted by atomic mass is 10.1. The van der Waals surface area contributed by atoms with E-state index in [-0.39, 0.29) is 5.91 Å². The maximum absolute atomic E-state index is 12.5. The van der Waals surface area contributed by atoms with Crippen LogP contribution in [0.15, 0.2) is 45.6 Å². The molecule has 7 heteroatoms. The van der Waals surface area contributed by atoms with Gasteiger partial charge in [-0.25, -0.2) is 4.79 Å². The van der Waals surface area contributed by atoms with Crippen LogP contribution in [-0.4, -0.2) is 24.6 Å². The fourth-order valence-electron chi connectivity index (χ4n) is 2.49. The molecule has 0 fully saturated rings. The molecule has 0 radical (unpaired) electrons. The van der Waals surface area contributed by atoms with Crippen LogP contribution in [0.2, 0.25) is 0 Å². The Morgan fingerprint density at radius 3 is 2.81 bits per heavy atom. The molecule has 0 aliphatic rings. The Kier molecular flexibility index (Phi) is 5.26. The van der Waals surface area contributed by atoms with Gasteiger partial charge in [0.25, 0.3) is 5.91 Å². The van der Waals surface area contributed by atoms with E-state index in [9.17, 15) is 9.59 Å². The van der Waals surface area contributed by atoms with E-state index in [1.54, 1.807) is 36.4 Å². The molecular formula is C19H20N2O5.